The maximum absolute atomic E-state index is 13.3. The molecule has 0 radical (unpaired) electrons. The Labute approximate surface area is 248 Å². The number of anilines is 3. The van der Waals surface area contributed by atoms with Gasteiger partial charge in [-0.1, -0.05) is 35.6 Å². The minimum absolute atomic E-state index is 0.122. The first-order valence-electron chi connectivity index (χ1n) is 13.1. The standard InChI is InChI=1S/C28H26ClF3N8OS/c1-17(14-21-4-2-3-11-33-21)34-23-7-8-24(37-36-23)40-12-9-18(10-13-40)26-38-39-27(42-26)35-25(41)16-19-15-20(29)5-6-22(19)28(30,31)32/h2-8,11,15,18H,1,9-10,12-14,16H2,(H,34,36)(H,35,39,41). The molecule has 1 aliphatic heterocycles. The summed E-state index contributed by atoms with van der Waals surface area (Å²) in [7, 11) is 0. The molecular weight excluding hydrogens is 589 g/mol. The van der Waals surface area contributed by atoms with Crippen molar-refractivity contribution in [2.24, 2.45) is 0 Å². The van der Waals surface area contributed by atoms with E-state index in [-0.39, 0.29) is 21.6 Å². The predicted octanol–water partition coefficient (Wildman–Crippen LogP) is 6.13. The lowest BCUT2D eigenvalue weighted by Crippen LogP contribution is -2.33. The predicted molar refractivity (Wildman–Crippen MR) is 156 cm³/mol. The highest BCUT2D eigenvalue weighted by Gasteiger charge is 2.34. The van der Waals surface area contributed by atoms with Crippen LogP contribution in [0.1, 0.15) is 40.6 Å². The SMILES string of the molecule is C=C(Cc1ccccn1)Nc1ccc(N2CCC(c3nnc(NC(=O)Cc4cc(Cl)ccc4C(F)(F)F)s3)CC2)nn1. The molecule has 4 heterocycles. The largest absolute Gasteiger partial charge is 0.416 e. The second kappa shape index (κ2) is 12.8. The molecule has 1 fully saturated rings. The van der Waals surface area contributed by atoms with Gasteiger partial charge >= 0.3 is 6.18 Å². The molecule has 0 aliphatic carbocycles. The number of carbonyl (C=O) groups is 1. The summed E-state index contributed by atoms with van der Waals surface area (Å²) in [5.41, 5.74) is 0.573. The van der Waals surface area contributed by atoms with Gasteiger partial charge in [-0.15, -0.1) is 20.4 Å². The summed E-state index contributed by atoms with van der Waals surface area (Å²) in [5.74, 6) is 0.872. The molecule has 2 N–H and O–H groups in total. The summed E-state index contributed by atoms with van der Waals surface area (Å²) in [6.45, 7) is 5.50. The Bertz CT molecular complexity index is 1540. The maximum Gasteiger partial charge on any atom is 0.416 e. The molecule has 0 bridgehead atoms. The first-order chi connectivity index (χ1) is 20.1. The minimum atomic E-state index is -4.59. The number of carbonyl (C=O) groups excluding carboxylic acids is 1. The van der Waals surface area contributed by atoms with E-state index in [0.717, 1.165) is 66.3 Å². The topological polar surface area (TPSA) is 109 Å². The maximum atomic E-state index is 13.3. The molecule has 1 aliphatic rings. The van der Waals surface area contributed by atoms with Crippen LogP contribution in [-0.2, 0) is 23.8 Å². The van der Waals surface area contributed by atoms with Crippen molar-refractivity contribution in [3.8, 4) is 0 Å². The van der Waals surface area contributed by atoms with E-state index in [0.29, 0.717) is 12.2 Å². The molecule has 0 saturated carbocycles. The number of nitrogens with zero attached hydrogens (tertiary/aromatic N) is 6. The van der Waals surface area contributed by atoms with Crippen LogP contribution in [0.5, 0.6) is 0 Å². The van der Waals surface area contributed by atoms with Crippen LogP contribution in [0.4, 0.5) is 29.9 Å². The summed E-state index contributed by atoms with van der Waals surface area (Å²) in [6.07, 6.45) is -1.17. The average Bonchev–Trinajstić information content (AvgIpc) is 3.41. The molecule has 0 atom stereocenters. The van der Waals surface area contributed by atoms with E-state index < -0.39 is 24.1 Å². The van der Waals surface area contributed by atoms with Gasteiger partial charge in [0.2, 0.25) is 11.0 Å². The third-order valence-corrected chi connectivity index (χ3v) is 7.89. The number of rotatable bonds is 9. The van der Waals surface area contributed by atoms with Crippen LogP contribution < -0.4 is 15.5 Å². The fourth-order valence-corrected chi connectivity index (χ4v) is 5.76. The zero-order valence-electron chi connectivity index (χ0n) is 22.2. The second-order valence-electron chi connectivity index (χ2n) is 9.73. The highest BCUT2D eigenvalue weighted by atomic mass is 35.5. The van der Waals surface area contributed by atoms with Gasteiger partial charge in [-0.2, -0.15) is 13.2 Å². The van der Waals surface area contributed by atoms with E-state index in [9.17, 15) is 18.0 Å². The Morgan fingerprint density at radius 3 is 2.52 bits per heavy atom. The highest BCUT2D eigenvalue weighted by Crippen LogP contribution is 2.35. The number of nitrogens with one attached hydrogen (secondary N) is 2. The molecule has 1 aromatic carbocycles. The number of hydrogen-bond acceptors (Lipinski definition) is 9. The number of alkyl halides is 3. The van der Waals surface area contributed by atoms with E-state index in [1.165, 1.54) is 11.3 Å². The van der Waals surface area contributed by atoms with Gasteiger partial charge in [-0.3, -0.25) is 9.78 Å². The van der Waals surface area contributed by atoms with Crippen molar-refractivity contribution in [3.63, 3.8) is 0 Å². The monoisotopic (exact) mass is 614 g/mol. The van der Waals surface area contributed by atoms with Crippen molar-refractivity contribution < 1.29 is 18.0 Å². The van der Waals surface area contributed by atoms with E-state index in [1.807, 2.05) is 30.3 Å². The van der Waals surface area contributed by atoms with Gasteiger partial charge in [0.15, 0.2) is 11.6 Å². The van der Waals surface area contributed by atoms with Crippen LogP contribution in [0.25, 0.3) is 0 Å². The quantitative estimate of drug-likeness (QED) is 0.232. The van der Waals surface area contributed by atoms with Gasteiger partial charge in [-0.05, 0) is 60.9 Å². The Morgan fingerprint density at radius 1 is 1.02 bits per heavy atom. The molecule has 9 nitrogen and oxygen atoms in total. The summed E-state index contributed by atoms with van der Waals surface area (Å²) >= 11 is 7.09. The van der Waals surface area contributed by atoms with Crippen molar-refractivity contribution in [2.75, 3.05) is 28.6 Å². The zero-order chi connectivity index (χ0) is 29.7. The Morgan fingerprint density at radius 2 is 1.83 bits per heavy atom. The number of benzene rings is 1. The summed E-state index contributed by atoms with van der Waals surface area (Å²) in [6, 6.07) is 12.7. The van der Waals surface area contributed by atoms with Crippen LogP contribution >= 0.6 is 22.9 Å². The highest BCUT2D eigenvalue weighted by molar-refractivity contribution is 7.15. The molecule has 0 unspecified atom stereocenters. The Balaban J connectivity index is 1.11. The van der Waals surface area contributed by atoms with Crippen LogP contribution in [0.2, 0.25) is 5.02 Å². The fraction of sp³-hybridized carbons (Fsp3) is 0.286. The number of amides is 1. The molecular formula is C28H26ClF3N8OS. The van der Waals surface area contributed by atoms with Gasteiger partial charge in [0.25, 0.3) is 0 Å². The lowest BCUT2D eigenvalue weighted by atomic mass is 9.98. The molecule has 1 amide bonds. The van der Waals surface area contributed by atoms with Gasteiger partial charge in [0, 0.05) is 48.0 Å². The average molecular weight is 615 g/mol. The van der Waals surface area contributed by atoms with Gasteiger partial charge in [-0.25, -0.2) is 0 Å². The summed E-state index contributed by atoms with van der Waals surface area (Å²) < 4.78 is 40.0. The number of halogens is 4. The van der Waals surface area contributed by atoms with Crippen molar-refractivity contribution in [2.45, 2.75) is 37.8 Å². The number of piperidine rings is 1. The van der Waals surface area contributed by atoms with Crippen LogP contribution in [0.15, 0.2) is 67.0 Å². The second-order valence-corrected chi connectivity index (χ2v) is 11.2. The number of pyridine rings is 1. The van der Waals surface area contributed by atoms with Crippen molar-refractivity contribution in [1.29, 1.82) is 0 Å². The van der Waals surface area contributed by atoms with E-state index in [2.05, 4.69) is 47.5 Å². The molecule has 218 valence electrons. The van der Waals surface area contributed by atoms with Gasteiger partial charge in [0.05, 0.1) is 12.0 Å². The first kappa shape index (κ1) is 29.4. The molecule has 1 saturated heterocycles. The molecule has 5 rings (SSSR count). The van der Waals surface area contributed by atoms with Crippen molar-refractivity contribution in [1.82, 2.24) is 25.4 Å². The van der Waals surface area contributed by atoms with Crippen molar-refractivity contribution in [3.05, 3.63) is 93.9 Å². The fourth-order valence-electron chi connectivity index (χ4n) is 4.63. The number of allylic oxidation sites excluding steroid dienone is 1. The molecule has 4 aromatic rings. The van der Waals surface area contributed by atoms with E-state index >= 15 is 0 Å². The van der Waals surface area contributed by atoms with E-state index in [4.69, 9.17) is 11.6 Å². The third kappa shape index (κ3) is 7.59. The van der Waals surface area contributed by atoms with Crippen LogP contribution in [0.3, 0.4) is 0 Å². The lowest BCUT2D eigenvalue weighted by molar-refractivity contribution is -0.138. The first-order valence-corrected chi connectivity index (χ1v) is 14.3. The zero-order valence-corrected chi connectivity index (χ0v) is 23.8. The normalized spacial score (nSPS) is 14.0. The summed E-state index contributed by atoms with van der Waals surface area (Å²) in [5, 5.41) is 23.8. The molecule has 0 spiro atoms. The number of aromatic nitrogens is 5. The van der Waals surface area contributed by atoms with Crippen LogP contribution in [-0.4, -0.2) is 44.4 Å². The molecule has 3 aromatic heterocycles. The minimum Gasteiger partial charge on any atom is -0.355 e. The van der Waals surface area contributed by atoms with Crippen molar-refractivity contribution >= 4 is 45.6 Å². The Kier molecular flexibility index (Phi) is 8.97. The van der Waals surface area contributed by atoms with Crippen LogP contribution in [0, 0.1) is 0 Å². The van der Waals surface area contributed by atoms with E-state index in [1.54, 1.807) is 6.20 Å². The van der Waals surface area contributed by atoms with Gasteiger partial charge in [0.1, 0.15) is 5.01 Å². The summed E-state index contributed by atoms with van der Waals surface area (Å²) in [4.78, 5) is 18.9. The lowest BCUT2D eigenvalue weighted by Gasteiger charge is -2.31. The molecule has 42 heavy (non-hydrogen) atoms. The number of hydrogen-bond donors (Lipinski definition) is 2. The Hall–Kier alpha value is -4.10. The van der Waals surface area contributed by atoms with Gasteiger partial charge < -0.3 is 15.5 Å². The third-order valence-electron chi connectivity index (χ3n) is 6.65. The smallest absolute Gasteiger partial charge is 0.355 e. The molecule has 14 heteroatoms.